The summed E-state index contributed by atoms with van der Waals surface area (Å²) in [6.45, 7) is 1.79. The van der Waals surface area contributed by atoms with Crippen LogP contribution in [0.2, 0.25) is 0 Å². The maximum Gasteiger partial charge on any atom is 0.201 e. The summed E-state index contributed by atoms with van der Waals surface area (Å²) in [6, 6.07) is 8.79. The Labute approximate surface area is 120 Å². The van der Waals surface area contributed by atoms with E-state index in [0.29, 0.717) is 12.6 Å². The molecule has 0 spiro atoms. The molecule has 3 rings (SSSR count). The molecule has 2 aliphatic rings. The Bertz CT molecular complexity index is 464. The van der Waals surface area contributed by atoms with Crippen molar-refractivity contribution in [2.24, 2.45) is 4.99 Å². The minimum Gasteiger partial charge on any atom is -0.497 e. The Kier molecular flexibility index (Phi) is 4.21. The van der Waals surface area contributed by atoms with E-state index in [-0.39, 0.29) is 6.04 Å². The molecule has 108 valence electrons. The first kappa shape index (κ1) is 13.4. The van der Waals surface area contributed by atoms with Crippen LogP contribution >= 0.6 is 0 Å². The average molecular weight is 274 g/mol. The van der Waals surface area contributed by atoms with Gasteiger partial charge in [0.2, 0.25) is 5.90 Å². The molecule has 0 aromatic heterocycles. The fraction of sp³-hybridized carbons (Fsp3) is 0.562. The number of aliphatic imine (C=N–C) groups is 1. The van der Waals surface area contributed by atoms with Crippen molar-refractivity contribution in [3.05, 3.63) is 29.8 Å². The summed E-state index contributed by atoms with van der Waals surface area (Å²) >= 11 is 0. The van der Waals surface area contributed by atoms with E-state index in [1.165, 1.54) is 18.4 Å². The third kappa shape index (κ3) is 3.12. The lowest BCUT2D eigenvalue weighted by atomic mass is 10.0. The molecule has 0 bridgehead atoms. The van der Waals surface area contributed by atoms with E-state index in [0.717, 1.165) is 31.0 Å². The zero-order valence-electron chi connectivity index (χ0n) is 12.0. The average Bonchev–Trinajstić information content (AvgIpc) is 2.97. The monoisotopic (exact) mass is 274 g/mol. The van der Waals surface area contributed by atoms with Gasteiger partial charge >= 0.3 is 0 Å². The Morgan fingerprint density at radius 3 is 2.85 bits per heavy atom. The molecule has 2 aliphatic heterocycles. The molecule has 1 saturated heterocycles. The fourth-order valence-electron chi connectivity index (χ4n) is 2.83. The van der Waals surface area contributed by atoms with E-state index in [2.05, 4.69) is 17.4 Å². The largest absolute Gasteiger partial charge is 0.497 e. The van der Waals surface area contributed by atoms with Crippen molar-refractivity contribution >= 4 is 5.90 Å². The van der Waals surface area contributed by atoms with Crippen LogP contribution in [0.15, 0.2) is 29.3 Å². The Hall–Kier alpha value is -1.55. The van der Waals surface area contributed by atoms with E-state index in [9.17, 15) is 0 Å². The third-order valence-corrected chi connectivity index (χ3v) is 3.97. The van der Waals surface area contributed by atoms with Crippen molar-refractivity contribution in [2.75, 3.05) is 20.3 Å². The molecule has 2 heterocycles. The van der Waals surface area contributed by atoms with E-state index < -0.39 is 0 Å². The highest BCUT2D eigenvalue weighted by molar-refractivity contribution is 5.83. The molecule has 4 heteroatoms. The highest BCUT2D eigenvalue weighted by Gasteiger charge is 2.26. The molecule has 2 atom stereocenters. The Balaban J connectivity index is 1.59. The number of methoxy groups -OCH3 is 1. The van der Waals surface area contributed by atoms with Crippen molar-refractivity contribution in [2.45, 2.75) is 37.8 Å². The van der Waals surface area contributed by atoms with Crippen LogP contribution in [0.1, 0.15) is 24.8 Å². The molecule has 0 aliphatic carbocycles. The van der Waals surface area contributed by atoms with Gasteiger partial charge < -0.3 is 14.8 Å². The Morgan fingerprint density at radius 1 is 1.30 bits per heavy atom. The molecular weight excluding hydrogens is 252 g/mol. The lowest BCUT2D eigenvalue weighted by molar-refractivity contribution is 0.291. The second kappa shape index (κ2) is 6.27. The third-order valence-electron chi connectivity index (χ3n) is 3.97. The number of nitrogens with zero attached hydrogens (tertiary/aromatic N) is 1. The molecule has 1 aromatic carbocycles. The lowest BCUT2D eigenvalue weighted by Gasteiger charge is -2.22. The van der Waals surface area contributed by atoms with Crippen LogP contribution in [-0.4, -0.2) is 38.2 Å². The van der Waals surface area contributed by atoms with Crippen LogP contribution in [0.5, 0.6) is 5.75 Å². The first-order valence-electron chi connectivity index (χ1n) is 7.42. The van der Waals surface area contributed by atoms with Gasteiger partial charge in [-0.15, -0.1) is 0 Å². The topological polar surface area (TPSA) is 42.9 Å². The highest BCUT2D eigenvalue weighted by atomic mass is 16.5. The van der Waals surface area contributed by atoms with Gasteiger partial charge in [-0.2, -0.15) is 0 Å². The van der Waals surface area contributed by atoms with Crippen LogP contribution in [0.4, 0.5) is 0 Å². The van der Waals surface area contributed by atoms with E-state index in [4.69, 9.17) is 14.5 Å². The number of ether oxygens (including phenoxy) is 2. The minimum atomic E-state index is 0.252. The van der Waals surface area contributed by atoms with Gasteiger partial charge in [0.25, 0.3) is 0 Å². The maximum atomic E-state index is 5.78. The van der Waals surface area contributed by atoms with Crippen molar-refractivity contribution in [3.63, 3.8) is 0 Å². The van der Waals surface area contributed by atoms with Gasteiger partial charge in [-0.3, -0.25) is 0 Å². The summed E-state index contributed by atoms with van der Waals surface area (Å²) in [7, 11) is 1.69. The van der Waals surface area contributed by atoms with Crippen molar-refractivity contribution < 1.29 is 9.47 Å². The molecule has 4 nitrogen and oxygen atoms in total. The van der Waals surface area contributed by atoms with Gasteiger partial charge in [0.05, 0.1) is 19.2 Å². The van der Waals surface area contributed by atoms with Gasteiger partial charge in [-0.25, -0.2) is 4.99 Å². The molecule has 1 fully saturated rings. The summed E-state index contributed by atoms with van der Waals surface area (Å²) in [6.07, 6.45) is 4.61. The summed E-state index contributed by atoms with van der Waals surface area (Å²) in [4.78, 5) is 4.75. The highest BCUT2D eigenvalue weighted by Crippen LogP contribution is 2.18. The molecule has 0 amide bonds. The van der Waals surface area contributed by atoms with E-state index in [1.54, 1.807) is 7.11 Å². The smallest absolute Gasteiger partial charge is 0.201 e. The summed E-state index contributed by atoms with van der Waals surface area (Å²) < 4.78 is 11.0. The van der Waals surface area contributed by atoms with Gasteiger partial charge in [0, 0.05) is 0 Å². The van der Waals surface area contributed by atoms with Crippen LogP contribution in [0.3, 0.4) is 0 Å². The predicted molar refractivity (Wildman–Crippen MR) is 79.5 cm³/mol. The first-order valence-corrected chi connectivity index (χ1v) is 7.42. The number of benzene rings is 1. The van der Waals surface area contributed by atoms with Crippen molar-refractivity contribution in [3.8, 4) is 5.75 Å². The molecular formula is C16H22N2O2. The van der Waals surface area contributed by atoms with Crippen LogP contribution in [-0.2, 0) is 11.2 Å². The normalized spacial score (nSPS) is 25.9. The lowest BCUT2D eigenvalue weighted by Crippen LogP contribution is -2.40. The number of piperidine rings is 1. The van der Waals surface area contributed by atoms with Crippen LogP contribution in [0, 0.1) is 0 Å². The molecule has 1 N–H and O–H groups in total. The summed E-state index contributed by atoms with van der Waals surface area (Å²) in [5.74, 6) is 1.82. The summed E-state index contributed by atoms with van der Waals surface area (Å²) in [5.41, 5.74) is 1.28. The maximum absolute atomic E-state index is 5.78. The van der Waals surface area contributed by atoms with Crippen molar-refractivity contribution in [1.29, 1.82) is 0 Å². The number of hydrogen-bond donors (Lipinski definition) is 1. The zero-order valence-corrected chi connectivity index (χ0v) is 12.0. The quantitative estimate of drug-likeness (QED) is 0.915. The molecule has 0 radical (unpaired) electrons. The van der Waals surface area contributed by atoms with Gasteiger partial charge in [0.1, 0.15) is 12.4 Å². The minimum absolute atomic E-state index is 0.252. The van der Waals surface area contributed by atoms with Crippen LogP contribution in [0.25, 0.3) is 0 Å². The van der Waals surface area contributed by atoms with Gasteiger partial charge in [-0.1, -0.05) is 18.6 Å². The number of nitrogens with one attached hydrogen (secondary N) is 1. The molecule has 1 aromatic rings. The second-order valence-electron chi connectivity index (χ2n) is 5.49. The summed E-state index contributed by atoms with van der Waals surface area (Å²) in [5, 5.41) is 3.49. The predicted octanol–water partition coefficient (Wildman–Crippen LogP) is 2.18. The van der Waals surface area contributed by atoms with Crippen molar-refractivity contribution in [1.82, 2.24) is 5.32 Å². The standard InChI is InChI=1S/C16H22N2O2/c1-19-14-7-5-12(6-8-14)10-13-11-20-16(18-13)15-4-2-3-9-17-15/h5-8,13,15,17H,2-4,9-11H2,1H3. The first-order chi connectivity index (χ1) is 9.85. The molecule has 2 unspecified atom stereocenters. The van der Waals surface area contributed by atoms with E-state index in [1.807, 2.05) is 12.1 Å². The zero-order chi connectivity index (χ0) is 13.8. The number of rotatable bonds is 4. The Morgan fingerprint density at radius 2 is 2.15 bits per heavy atom. The molecule has 20 heavy (non-hydrogen) atoms. The molecule has 0 saturated carbocycles. The number of hydrogen-bond acceptors (Lipinski definition) is 4. The van der Waals surface area contributed by atoms with E-state index >= 15 is 0 Å². The van der Waals surface area contributed by atoms with Gasteiger partial charge in [-0.05, 0) is 43.5 Å². The fourth-order valence-corrected chi connectivity index (χ4v) is 2.83. The van der Waals surface area contributed by atoms with Crippen LogP contribution < -0.4 is 10.1 Å². The SMILES string of the molecule is COc1ccc(CC2COC(C3CCCCN3)=N2)cc1. The second-order valence-corrected chi connectivity index (χ2v) is 5.49. The van der Waals surface area contributed by atoms with Gasteiger partial charge in [0.15, 0.2) is 0 Å².